The van der Waals surface area contributed by atoms with Crippen molar-refractivity contribution in [3.63, 3.8) is 0 Å². The van der Waals surface area contributed by atoms with Crippen molar-refractivity contribution >= 4 is 5.91 Å². The van der Waals surface area contributed by atoms with Gasteiger partial charge in [-0.1, -0.05) is 19.4 Å². The highest BCUT2D eigenvalue weighted by atomic mass is 16.3. The molecule has 1 unspecified atom stereocenters. The standard InChI is InChI=1S/C11H19NO2/c1-7-5-8(13)6-11(2,3)9(7)10(14)12-4/h8,13H,5-6H2,1-4H3,(H,12,14). The third-order valence-corrected chi connectivity index (χ3v) is 2.85. The Morgan fingerprint density at radius 2 is 2.14 bits per heavy atom. The molecule has 80 valence electrons. The first-order valence-electron chi connectivity index (χ1n) is 4.99. The molecule has 1 aliphatic carbocycles. The summed E-state index contributed by atoms with van der Waals surface area (Å²) in [5.41, 5.74) is 1.63. The maximum atomic E-state index is 11.6. The summed E-state index contributed by atoms with van der Waals surface area (Å²) >= 11 is 0. The van der Waals surface area contributed by atoms with E-state index in [9.17, 15) is 9.90 Å². The van der Waals surface area contributed by atoms with Gasteiger partial charge in [0, 0.05) is 12.6 Å². The monoisotopic (exact) mass is 197 g/mol. The summed E-state index contributed by atoms with van der Waals surface area (Å²) in [5.74, 6) is -0.0144. The van der Waals surface area contributed by atoms with Gasteiger partial charge in [0.1, 0.15) is 0 Å². The van der Waals surface area contributed by atoms with Crippen LogP contribution in [0.15, 0.2) is 11.1 Å². The fourth-order valence-electron chi connectivity index (χ4n) is 2.42. The highest BCUT2D eigenvalue weighted by Crippen LogP contribution is 2.40. The fourth-order valence-corrected chi connectivity index (χ4v) is 2.42. The Balaban J connectivity index is 3.09. The lowest BCUT2D eigenvalue weighted by molar-refractivity contribution is -0.118. The maximum Gasteiger partial charge on any atom is 0.247 e. The van der Waals surface area contributed by atoms with Crippen LogP contribution in [0.3, 0.4) is 0 Å². The Hall–Kier alpha value is -0.830. The van der Waals surface area contributed by atoms with E-state index < -0.39 is 0 Å². The Kier molecular flexibility index (Phi) is 3.00. The fraction of sp³-hybridized carbons (Fsp3) is 0.727. The topological polar surface area (TPSA) is 49.3 Å². The molecule has 3 heteroatoms. The number of nitrogens with one attached hydrogen (secondary N) is 1. The third-order valence-electron chi connectivity index (χ3n) is 2.85. The Morgan fingerprint density at radius 1 is 1.57 bits per heavy atom. The van der Waals surface area contributed by atoms with E-state index in [-0.39, 0.29) is 17.4 Å². The maximum absolute atomic E-state index is 11.6. The first-order valence-corrected chi connectivity index (χ1v) is 4.99. The molecule has 0 fully saturated rings. The molecular formula is C11H19NO2. The van der Waals surface area contributed by atoms with Crippen molar-refractivity contribution < 1.29 is 9.90 Å². The molecule has 0 aromatic rings. The first-order chi connectivity index (χ1) is 6.38. The van der Waals surface area contributed by atoms with Gasteiger partial charge >= 0.3 is 0 Å². The van der Waals surface area contributed by atoms with Crippen LogP contribution in [-0.4, -0.2) is 24.2 Å². The Bertz CT molecular complexity index is 279. The lowest BCUT2D eigenvalue weighted by Crippen LogP contribution is -2.36. The van der Waals surface area contributed by atoms with E-state index in [4.69, 9.17) is 0 Å². The minimum absolute atomic E-state index is 0.0144. The lowest BCUT2D eigenvalue weighted by Gasteiger charge is -2.35. The quantitative estimate of drug-likeness (QED) is 0.664. The molecule has 0 saturated carbocycles. The average molecular weight is 197 g/mol. The van der Waals surface area contributed by atoms with Crippen molar-refractivity contribution in [3.8, 4) is 0 Å². The number of amides is 1. The number of aliphatic hydroxyl groups excluding tert-OH is 1. The second-order valence-electron chi connectivity index (χ2n) is 4.68. The van der Waals surface area contributed by atoms with Gasteiger partial charge in [0.05, 0.1) is 6.10 Å². The Morgan fingerprint density at radius 3 is 2.57 bits per heavy atom. The van der Waals surface area contributed by atoms with Gasteiger partial charge in [0.2, 0.25) is 5.91 Å². The van der Waals surface area contributed by atoms with Crippen molar-refractivity contribution in [1.29, 1.82) is 0 Å². The molecule has 0 heterocycles. The molecule has 14 heavy (non-hydrogen) atoms. The van der Waals surface area contributed by atoms with Gasteiger partial charge in [-0.3, -0.25) is 4.79 Å². The van der Waals surface area contributed by atoms with E-state index in [1.165, 1.54) is 0 Å². The highest BCUT2D eigenvalue weighted by Gasteiger charge is 2.36. The molecule has 0 aliphatic heterocycles. The minimum Gasteiger partial charge on any atom is -0.393 e. The number of aliphatic hydroxyl groups is 1. The molecule has 0 radical (unpaired) electrons. The molecule has 1 aliphatic rings. The smallest absolute Gasteiger partial charge is 0.247 e. The van der Waals surface area contributed by atoms with E-state index in [0.717, 1.165) is 11.1 Å². The highest BCUT2D eigenvalue weighted by molar-refractivity contribution is 5.95. The molecule has 0 saturated heterocycles. The van der Waals surface area contributed by atoms with Crippen LogP contribution in [0.4, 0.5) is 0 Å². The number of carbonyl (C=O) groups is 1. The Labute approximate surface area is 85.2 Å². The van der Waals surface area contributed by atoms with Crippen LogP contribution in [0.25, 0.3) is 0 Å². The zero-order valence-corrected chi connectivity index (χ0v) is 9.35. The third kappa shape index (κ3) is 1.98. The number of hydrogen-bond acceptors (Lipinski definition) is 2. The summed E-state index contributed by atoms with van der Waals surface area (Å²) in [5, 5.41) is 12.3. The van der Waals surface area contributed by atoms with Crippen molar-refractivity contribution in [2.45, 2.75) is 39.7 Å². The van der Waals surface area contributed by atoms with Crippen LogP contribution < -0.4 is 5.32 Å². The summed E-state index contributed by atoms with van der Waals surface area (Å²) in [7, 11) is 1.64. The van der Waals surface area contributed by atoms with Crippen molar-refractivity contribution in [1.82, 2.24) is 5.32 Å². The molecule has 0 bridgehead atoms. The second-order valence-corrected chi connectivity index (χ2v) is 4.68. The van der Waals surface area contributed by atoms with E-state index in [1.807, 2.05) is 20.8 Å². The first kappa shape index (κ1) is 11.2. The van der Waals surface area contributed by atoms with E-state index in [1.54, 1.807) is 7.05 Å². The van der Waals surface area contributed by atoms with Crippen LogP contribution in [-0.2, 0) is 4.79 Å². The zero-order chi connectivity index (χ0) is 10.9. The van der Waals surface area contributed by atoms with E-state index in [2.05, 4.69) is 5.32 Å². The molecule has 1 amide bonds. The van der Waals surface area contributed by atoms with Crippen LogP contribution >= 0.6 is 0 Å². The van der Waals surface area contributed by atoms with Crippen molar-refractivity contribution in [2.75, 3.05) is 7.05 Å². The van der Waals surface area contributed by atoms with Gasteiger partial charge in [0.15, 0.2) is 0 Å². The molecule has 3 nitrogen and oxygen atoms in total. The average Bonchev–Trinajstić information content (AvgIpc) is 1.99. The predicted octanol–water partition coefficient (Wildman–Crippen LogP) is 1.23. The van der Waals surface area contributed by atoms with Crippen molar-refractivity contribution in [3.05, 3.63) is 11.1 Å². The number of likely N-dealkylation sites (N-methyl/N-ethyl adjacent to an activating group) is 1. The van der Waals surface area contributed by atoms with Crippen LogP contribution in [0.1, 0.15) is 33.6 Å². The van der Waals surface area contributed by atoms with Gasteiger partial charge in [-0.2, -0.15) is 0 Å². The van der Waals surface area contributed by atoms with Crippen molar-refractivity contribution in [2.24, 2.45) is 5.41 Å². The van der Waals surface area contributed by atoms with Gasteiger partial charge in [-0.05, 0) is 25.2 Å². The second kappa shape index (κ2) is 3.73. The summed E-state index contributed by atoms with van der Waals surface area (Å²) in [4.78, 5) is 11.6. The largest absolute Gasteiger partial charge is 0.393 e. The van der Waals surface area contributed by atoms with Gasteiger partial charge in [-0.15, -0.1) is 0 Å². The van der Waals surface area contributed by atoms with E-state index >= 15 is 0 Å². The predicted molar refractivity (Wildman–Crippen MR) is 55.8 cm³/mol. The van der Waals surface area contributed by atoms with E-state index in [0.29, 0.717) is 12.8 Å². The van der Waals surface area contributed by atoms with Gasteiger partial charge in [-0.25, -0.2) is 0 Å². The lowest BCUT2D eigenvalue weighted by atomic mass is 9.71. The van der Waals surface area contributed by atoms with Crippen LogP contribution in [0.5, 0.6) is 0 Å². The molecule has 1 atom stereocenters. The van der Waals surface area contributed by atoms with Crippen LogP contribution in [0.2, 0.25) is 0 Å². The molecule has 2 N–H and O–H groups in total. The summed E-state index contributed by atoms with van der Waals surface area (Å²) in [6.45, 7) is 5.93. The summed E-state index contributed by atoms with van der Waals surface area (Å²) < 4.78 is 0. The molecule has 0 aromatic heterocycles. The SMILES string of the molecule is CNC(=O)C1=C(C)CC(O)CC1(C)C. The zero-order valence-electron chi connectivity index (χ0n) is 9.35. The summed E-state index contributed by atoms with van der Waals surface area (Å²) in [6, 6.07) is 0. The summed E-state index contributed by atoms with van der Waals surface area (Å²) in [6.07, 6.45) is 0.970. The van der Waals surface area contributed by atoms with Crippen LogP contribution in [0, 0.1) is 5.41 Å². The molecule has 0 aromatic carbocycles. The van der Waals surface area contributed by atoms with Gasteiger partial charge < -0.3 is 10.4 Å². The number of hydrogen-bond donors (Lipinski definition) is 2. The molecule has 1 rings (SSSR count). The number of rotatable bonds is 1. The minimum atomic E-state index is -0.307. The molecule has 0 spiro atoms. The molecular weight excluding hydrogens is 178 g/mol. The van der Waals surface area contributed by atoms with Gasteiger partial charge in [0.25, 0.3) is 0 Å². The number of carbonyl (C=O) groups excluding carboxylic acids is 1. The normalized spacial score (nSPS) is 26.2.